The normalized spacial score (nSPS) is 10.7. The molecule has 0 saturated heterocycles. The Balaban J connectivity index is 2.17. The van der Waals surface area contributed by atoms with E-state index in [4.69, 9.17) is 16.3 Å². The highest BCUT2D eigenvalue weighted by molar-refractivity contribution is 6.30. The van der Waals surface area contributed by atoms with Gasteiger partial charge in [0.1, 0.15) is 6.61 Å². The predicted molar refractivity (Wildman–Crippen MR) is 73.6 cm³/mol. The molecular formula is C14H20ClNO2. The Morgan fingerprint density at radius 1 is 1.44 bits per heavy atom. The van der Waals surface area contributed by atoms with Crippen LogP contribution >= 0.6 is 11.6 Å². The van der Waals surface area contributed by atoms with Gasteiger partial charge in [-0.1, -0.05) is 37.6 Å². The van der Waals surface area contributed by atoms with Crippen molar-refractivity contribution in [3.8, 4) is 0 Å². The highest BCUT2D eigenvalue weighted by atomic mass is 35.5. The van der Waals surface area contributed by atoms with E-state index in [0.717, 1.165) is 18.5 Å². The van der Waals surface area contributed by atoms with Crippen molar-refractivity contribution in [3.05, 3.63) is 34.9 Å². The van der Waals surface area contributed by atoms with Crippen molar-refractivity contribution in [2.45, 2.75) is 39.3 Å². The minimum Gasteiger partial charge on any atom is -0.461 e. The van der Waals surface area contributed by atoms with Gasteiger partial charge >= 0.3 is 5.97 Å². The van der Waals surface area contributed by atoms with Crippen LogP contribution in [0.15, 0.2) is 24.3 Å². The number of rotatable bonds is 7. The molecule has 0 bridgehead atoms. The molecule has 0 atom stereocenters. The van der Waals surface area contributed by atoms with Crippen LogP contribution in [0.5, 0.6) is 0 Å². The van der Waals surface area contributed by atoms with Gasteiger partial charge in [0, 0.05) is 17.5 Å². The fourth-order valence-electron chi connectivity index (χ4n) is 1.49. The Morgan fingerprint density at radius 2 is 2.22 bits per heavy atom. The van der Waals surface area contributed by atoms with Gasteiger partial charge in [-0.3, -0.25) is 4.79 Å². The SMILES string of the molecule is CC(C)NCCCC(=O)OCc1cccc(Cl)c1. The summed E-state index contributed by atoms with van der Waals surface area (Å²) in [4.78, 5) is 11.5. The van der Waals surface area contributed by atoms with Crippen LogP contribution in [0.3, 0.4) is 0 Å². The lowest BCUT2D eigenvalue weighted by Crippen LogP contribution is -2.24. The van der Waals surface area contributed by atoms with E-state index in [1.54, 1.807) is 12.1 Å². The Bertz CT molecular complexity index is 380. The minimum absolute atomic E-state index is 0.166. The van der Waals surface area contributed by atoms with E-state index in [9.17, 15) is 4.79 Å². The summed E-state index contributed by atoms with van der Waals surface area (Å²) in [7, 11) is 0. The van der Waals surface area contributed by atoms with E-state index in [2.05, 4.69) is 19.2 Å². The average Bonchev–Trinajstić information content (AvgIpc) is 2.32. The van der Waals surface area contributed by atoms with Crippen molar-refractivity contribution < 1.29 is 9.53 Å². The lowest BCUT2D eigenvalue weighted by Gasteiger charge is -2.08. The molecule has 0 aliphatic rings. The number of carbonyl (C=O) groups excluding carboxylic acids is 1. The first-order chi connectivity index (χ1) is 8.58. The zero-order valence-corrected chi connectivity index (χ0v) is 11.7. The fraction of sp³-hybridized carbons (Fsp3) is 0.500. The average molecular weight is 270 g/mol. The second-order valence-corrected chi connectivity index (χ2v) is 4.94. The Hall–Kier alpha value is -1.06. The molecule has 3 nitrogen and oxygen atoms in total. The van der Waals surface area contributed by atoms with E-state index in [1.165, 1.54) is 0 Å². The standard InChI is InChI=1S/C14H20ClNO2/c1-11(2)16-8-4-7-14(17)18-10-12-5-3-6-13(15)9-12/h3,5-6,9,11,16H,4,7-8,10H2,1-2H3. The van der Waals surface area contributed by atoms with Crippen molar-refractivity contribution in [1.82, 2.24) is 5.32 Å². The Kier molecular flexibility index (Phi) is 6.76. The summed E-state index contributed by atoms with van der Waals surface area (Å²) in [5.74, 6) is -0.166. The van der Waals surface area contributed by atoms with E-state index >= 15 is 0 Å². The van der Waals surface area contributed by atoms with Gasteiger partial charge in [-0.15, -0.1) is 0 Å². The first-order valence-electron chi connectivity index (χ1n) is 6.21. The lowest BCUT2D eigenvalue weighted by atomic mass is 10.2. The first-order valence-corrected chi connectivity index (χ1v) is 6.59. The first kappa shape index (κ1) is 15.0. The van der Waals surface area contributed by atoms with E-state index in [0.29, 0.717) is 17.5 Å². The second kappa shape index (κ2) is 8.11. The van der Waals surface area contributed by atoms with Crippen LogP contribution in [0.1, 0.15) is 32.3 Å². The van der Waals surface area contributed by atoms with Gasteiger partial charge in [0.25, 0.3) is 0 Å². The Labute approximate surface area is 113 Å². The lowest BCUT2D eigenvalue weighted by molar-refractivity contribution is -0.145. The highest BCUT2D eigenvalue weighted by Crippen LogP contribution is 2.11. The molecule has 0 fully saturated rings. The van der Waals surface area contributed by atoms with Gasteiger partial charge in [0.05, 0.1) is 0 Å². The van der Waals surface area contributed by atoms with Crippen molar-refractivity contribution >= 4 is 17.6 Å². The summed E-state index contributed by atoms with van der Waals surface area (Å²) in [6.07, 6.45) is 1.24. The van der Waals surface area contributed by atoms with Crippen LogP contribution in [0, 0.1) is 0 Å². The van der Waals surface area contributed by atoms with Crippen molar-refractivity contribution in [2.24, 2.45) is 0 Å². The molecule has 100 valence electrons. The molecule has 1 N–H and O–H groups in total. The molecule has 0 aromatic heterocycles. The van der Waals surface area contributed by atoms with Gasteiger partial charge < -0.3 is 10.1 Å². The zero-order chi connectivity index (χ0) is 13.4. The summed E-state index contributed by atoms with van der Waals surface area (Å²) in [6.45, 7) is 5.29. The third-order valence-corrected chi connectivity index (χ3v) is 2.63. The third-order valence-electron chi connectivity index (χ3n) is 2.40. The number of hydrogen-bond donors (Lipinski definition) is 1. The smallest absolute Gasteiger partial charge is 0.306 e. The molecular weight excluding hydrogens is 250 g/mol. The number of esters is 1. The van der Waals surface area contributed by atoms with Gasteiger partial charge in [-0.05, 0) is 30.7 Å². The topological polar surface area (TPSA) is 38.3 Å². The maximum atomic E-state index is 11.5. The quantitative estimate of drug-likeness (QED) is 0.610. The summed E-state index contributed by atoms with van der Waals surface area (Å²) in [6, 6.07) is 7.78. The van der Waals surface area contributed by atoms with Crippen LogP contribution in [0.4, 0.5) is 0 Å². The summed E-state index contributed by atoms with van der Waals surface area (Å²) < 4.78 is 5.16. The molecule has 1 aromatic carbocycles. The van der Waals surface area contributed by atoms with E-state index in [1.807, 2.05) is 12.1 Å². The van der Waals surface area contributed by atoms with Crippen LogP contribution in [-0.4, -0.2) is 18.6 Å². The summed E-state index contributed by atoms with van der Waals surface area (Å²) in [5.41, 5.74) is 0.913. The number of nitrogens with one attached hydrogen (secondary N) is 1. The number of hydrogen-bond acceptors (Lipinski definition) is 3. The summed E-state index contributed by atoms with van der Waals surface area (Å²) >= 11 is 5.84. The van der Waals surface area contributed by atoms with Crippen LogP contribution in [0.25, 0.3) is 0 Å². The van der Waals surface area contributed by atoms with Gasteiger partial charge in [0.15, 0.2) is 0 Å². The van der Waals surface area contributed by atoms with Crippen LogP contribution < -0.4 is 5.32 Å². The molecule has 4 heteroatoms. The third kappa shape index (κ3) is 6.62. The van der Waals surface area contributed by atoms with E-state index in [-0.39, 0.29) is 12.6 Å². The van der Waals surface area contributed by atoms with Gasteiger partial charge in [0.2, 0.25) is 0 Å². The molecule has 0 amide bonds. The number of halogens is 1. The Morgan fingerprint density at radius 3 is 2.89 bits per heavy atom. The zero-order valence-electron chi connectivity index (χ0n) is 10.9. The molecule has 0 radical (unpaired) electrons. The summed E-state index contributed by atoms with van der Waals surface area (Å²) in [5, 5.41) is 3.91. The fourth-order valence-corrected chi connectivity index (χ4v) is 1.70. The molecule has 0 aliphatic carbocycles. The molecule has 18 heavy (non-hydrogen) atoms. The van der Waals surface area contributed by atoms with Gasteiger partial charge in [-0.2, -0.15) is 0 Å². The monoisotopic (exact) mass is 269 g/mol. The molecule has 0 saturated carbocycles. The van der Waals surface area contributed by atoms with E-state index < -0.39 is 0 Å². The largest absolute Gasteiger partial charge is 0.461 e. The number of carbonyl (C=O) groups is 1. The van der Waals surface area contributed by atoms with Crippen LogP contribution in [-0.2, 0) is 16.1 Å². The molecule has 0 spiro atoms. The van der Waals surface area contributed by atoms with Gasteiger partial charge in [-0.25, -0.2) is 0 Å². The van der Waals surface area contributed by atoms with Crippen molar-refractivity contribution in [3.63, 3.8) is 0 Å². The maximum Gasteiger partial charge on any atom is 0.306 e. The molecule has 0 aliphatic heterocycles. The number of ether oxygens (including phenoxy) is 1. The molecule has 0 unspecified atom stereocenters. The molecule has 1 rings (SSSR count). The predicted octanol–water partition coefficient (Wildman–Crippen LogP) is 3.16. The minimum atomic E-state index is -0.166. The number of benzene rings is 1. The van der Waals surface area contributed by atoms with Crippen LogP contribution in [0.2, 0.25) is 5.02 Å². The van der Waals surface area contributed by atoms with Crippen molar-refractivity contribution in [2.75, 3.05) is 6.54 Å². The second-order valence-electron chi connectivity index (χ2n) is 4.50. The highest BCUT2D eigenvalue weighted by Gasteiger charge is 2.03. The molecule has 1 aromatic rings. The maximum absolute atomic E-state index is 11.5. The molecule has 0 heterocycles. The van der Waals surface area contributed by atoms with Crippen molar-refractivity contribution in [1.29, 1.82) is 0 Å².